The van der Waals surface area contributed by atoms with E-state index in [1.807, 2.05) is 12.1 Å². The molecule has 10 heavy (non-hydrogen) atoms. The molecular weight excluding hydrogens is 146 g/mol. The Kier molecular flexibility index (Phi) is 2.28. The molecule has 0 spiro atoms. The topological polar surface area (TPSA) is 12.9 Å². The van der Waals surface area contributed by atoms with Crippen LogP contribution >= 0.6 is 11.6 Å². The van der Waals surface area contributed by atoms with Crippen LogP contribution in [-0.4, -0.2) is 4.98 Å². The minimum absolute atomic E-state index is 0.528. The monoisotopic (exact) mass is 155 g/mol. The Morgan fingerprint density at radius 2 is 2.20 bits per heavy atom. The summed E-state index contributed by atoms with van der Waals surface area (Å²) < 4.78 is 0. The number of halogens is 1. The summed E-state index contributed by atoms with van der Waals surface area (Å²) in [6, 6.07) is 3.88. The fourth-order valence-electron chi connectivity index (χ4n) is 0.777. The number of aromatic nitrogens is 1. The first-order chi connectivity index (χ1) is 4.70. The second-order valence-corrected chi connectivity index (χ2v) is 2.95. The number of pyridine rings is 1. The molecule has 1 rings (SSSR count). The molecule has 0 aliphatic rings. The Bertz CT molecular complexity index is 220. The van der Waals surface area contributed by atoms with Gasteiger partial charge in [0.25, 0.3) is 0 Å². The van der Waals surface area contributed by atoms with Crippen molar-refractivity contribution in [2.75, 3.05) is 0 Å². The van der Waals surface area contributed by atoms with Crippen LogP contribution in [0.4, 0.5) is 0 Å². The summed E-state index contributed by atoms with van der Waals surface area (Å²) in [5, 5.41) is 0.575. The Morgan fingerprint density at radius 1 is 1.50 bits per heavy atom. The van der Waals surface area contributed by atoms with Crippen LogP contribution in [0.15, 0.2) is 18.3 Å². The molecule has 0 fully saturated rings. The molecule has 0 amide bonds. The van der Waals surface area contributed by atoms with Crippen molar-refractivity contribution in [2.45, 2.75) is 19.8 Å². The standard InChI is InChI=1S/C8H10ClN/c1-6(2)7-3-4-10-8(9)5-7/h3-6H,1-2H3. The largest absolute Gasteiger partial charge is 0.245 e. The predicted molar refractivity (Wildman–Crippen MR) is 43.3 cm³/mol. The average molecular weight is 156 g/mol. The van der Waals surface area contributed by atoms with Crippen LogP contribution < -0.4 is 0 Å². The highest BCUT2D eigenvalue weighted by Gasteiger charge is 1.97. The van der Waals surface area contributed by atoms with Gasteiger partial charge in [0.1, 0.15) is 5.15 Å². The lowest BCUT2D eigenvalue weighted by Crippen LogP contribution is -1.86. The van der Waals surface area contributed by atoms with E-state index in [9.17, 15) is 0 Å². The SMILES string of the molecule is CC(C)c1ccnc(Cl)c1. The molecule has 0 radical (unpaired) electrons. The van der Waals surface area contributed by atoms with Gasteiger partial charge in [-0.2, -0.15) is 0 Å². The third-order valence-electron chi connectivity index (χ3n) is 1.42. The molecule has 1 heterocycles. The minimum atomic E-state index is 0.528. The summed E-state index contributed by atoms with van der Waals surface area (Å²) in [5.74, 6) is 0.528. The lowest BCUT2D eigenvalue weighted by atomic mass is 10.1. The molecule has 0 aromatic carbocycles. The normalized spacial score (nSPS) is 10.4. The Hall–Kier alpha value is -0.560. The van der Waals surface area contributed by atoms with E-state index >= 15 is 0 Å². The number of hydrogen-bond donors (Lipinski definition) is 0. The summed E-state index contributed by atoms with van der Waals surface area (Å²) in [6.07, 6.45) is 1.73. The molecule has 0 saturated heterocycles. The van der Waals surface area contributed by atoms with Gasteiger partial charge in [-0.1, -0.05) is 25.4 Å². The maximum atomic E-state index is 5.68. The van der Waals surface area contributed by atoms with Crippen molar-refractivity contribution in [3.05, 3.63) is 29.0 Å². The minimum Gasteiger partial charge on any atom is -0.245 e. The molecule has 2 heteroatoms. The third kappa shape index (κ3) is 1.71. The van der Waals surface area contributed by atoms with Gasteiger partial charge in [0.2, 0.25) is 0 Å². The van der Waals surface area contributed by atoms with Crippen LogP contribution in [0.25, 0.3) is 0 Å². The molecule has 1 nitrogen and oxygen atoms in total. The van der Waals surface area contributed by atoms with Crippen molar-refractivity contribution in [3.63, 3.8) is 0 Å². The van der Waals surface area contributed by atoms with Crippen molar-refractivity contribution in [1.82, 2.24) is 4.98 Å². The van der Waals surface area contributed by atoms with E-state index in [0.717, 1.165) is 0 Å². The molecule has 0 bridgehead atoms. The van der Waals surface area contributed by atoms with Gasteiger partial charge in [-0.3, -0.25) is 0 Å². The Balaban J connectivity index is 2.96. The first-order valence-corrected chi connectivity index (χ1v) is 3.69. The summed E-state index contributed by atoms with van der Waals surface area (Å²) in [5.41, 5.74) is 1.24. The molecule has 0 N–H and O–H groups in total. The molecule has 54 valence electrons. The second-order valence-electron chi connectivity index (χ2n) is 2.57. The van der Waals surface area contributed by atoms with Crippen LogP contribution in [0, 0.1) is 0 Å². The molecule has 0 aliphatic carbocycles. The zero-order valence-corrected chi connectivity index (χ0v) is 6.89. The Labute approximate surface area is 66.0 Å². The highest BCUT2D eigenvalue weighted by atomic mass is 35.5. The van der Waals surface area contributed by atoms with Crippen molar-refractivity contribution in [3.8, 4) is 0 Å². The smallest absolute Gasteiger partial charge is 0.129 e. The fourth-order valence-corrected chi connectivity index (χ4v) is 0.959. The quantitative estimate of drug-likeness (QED) is 0.569. The van der Waals surface area contributed by atoms with Crippen LogP contribution in [0.3, 0.4) is 0 Å². The van der Waals surface area contributed by atoms with Gasteiger partial charge in [-0.25, -0.2) is 4.98 Å². The van der Waals surface area contributed by atoms with E-state index in [0.29, 0.717) is 11.1 Å². The van der Waals surface area contributed by atoms with Crippen molar-refractivity contribution < 1.29 is 0 Å². The third-order valence-corrected chi connectivity index (χ3v) is 1.62. The van der Waals surface area contributed by atoms with Crippen molar-refractivity contribution in [1.29, 1.82) is 0 Å². The first kappa shape index (κ1) is 7.55. The highest BCUT2D eigenvalue weighted by molar-refractivity contribution is 6.29. The number of nitrogens with zero attached hydrogens (tertiary/aromatic N) is 1. The molecule has 0 aliphatic heterocycles. The summed E-state index contributed by atoms with van der Waals surface area (Å²) >= 11 is 5.68. The molecule has 1 aromatic heterocycles. The fraction of sp³-hybridized carbons (Fsp3) is 0.375. The lowest BCUT2D eigenvalue weighted by molar-refractivity contribution is 0.863. The lowest BCUT2D eigenvalue weighted by Gasteiger charge is -2.02. The summed E-state index contributed by atoms with van der Waals surface area (Å²) in [4.78, 5) is 3.89. The summed E-state index contributed by atoms with van der Waals surface area (Å²) in [6.45, 7) is 4.26. The molecule has 1 aromatic rings. The van der Waals surface area contributed by atoms with E-state index in [-0.39, 0.29) is 0 Å². The van der Waals surface area contributed by atoms with Gasteiger partial charge in [0.15, 0.2) is 0 Å². The van der Waals surface area contributed by atoms with E-state index in [1.54, 1.807) is 6.20 Å². The van der Waals surface area contributed by atoms with E-state index in [1.165, 1.54) is 5.56 Å². The molecule has 0 atom stereocenters. The van der Waals surface area contributed by atoms with Gasteiger partial charge < -0.3 is 0 Å². The first-order valence-electron chi connectivity index (χ1n) is 3.31. The van der Waals surface area contributed by atoms with Gasteiger partial charge in [0.05, 0.1) is 0 Å². The number of hydrogen-bond acceptors (Lipinski definition) is 1. The average Bonchev–Trinajstić information content (AvgIpc) is 1.88. The predicted octanol–water partition coefficient (Wildman–Crippen LogP) is 2.86. The zero-order valence-electron chi connectivity index (χ0n) is 6.13. The second kappa shape index (κ2) is 3.02. The summed E-state index contributed by atoms with van der Waals surface area (Å²) in [7, 11) is 0. The van der Waals surface area contributed by atoms with E-state index in [2.05, 4.69) is 18.8 Å². The van der Waals surface area contributed by atoms with Crippen molar-refractivity contribution in [2.24, 2.45) is 0 Å². The van der Waals surface area contributed by atoms with Gasteiger partial charge in [-0.15, -0.1) is 0 Å². The highest BCUT2D eigenvalue weighted by Crippen LogP contribution is 2.15. The molecule has 0 unspecified atom stereocenters. The number of rotatable bonds is 1. The zero-order chi connectivity index (χ0) is 7.56. The maximum absolute atomic E-state index is 5.68. The van der Waals surface area contributed by atoms with Crippen LogP contribution in [0.5, 0.6) is 0 Å². The van der Waals surface area contributed by atoms with Crippen LogP contribution in [0.1, 0.15) is 25.3 Å². The maximum Gasteiger partial charge on any atom is 0.129 e. The van der Waals surface area contributed by atoms with Gasteiger partial charge in [0, 0.05) is 6.20 Å². The molecule has 0 saturated carbocycles. The van der Waals surface area contributed by atoms with Gasteiger partial charge in [-0.05, 0) is 23.6 Å². The molecular formula is C8H10ClN. The Morgan fingerprint density at radius 3 is 2.60 bits per heavy atom. The van der Waals surface area contributed by atoms with E-state index in [4.69, 9.17) is 11.6 Å². The van der Waals surface area contributed by atoms with E-state index < -0.39 is 0 Å². The van der Waals surface area contributed by atoms with Crippen LogP contribution in [0.2, 0.25) is 5.15 Å². The van der Waals surface area contributed by atoms with Crippen LogP contribution in [-0.2, 0) is 0 Å². The van der Waals surface area contributed by atoms with Crippen molar-refractivity contribution >= 4 is 11.6 Å². The van der Waals surface area contributed by atoms with Gasteiger partial charge >= 0.3 is 0 Å².